The van der Waals surface area contributed by atoms with E-state index in [-0.39, 0.29) is 11.9 Å². The molecule has 0 amide bonds. The molecule has 4 heteroatoms. The van der Waals surface area contributed by atoms with E-state index in [1.165, 1.54) is 12.1 Å². The molecule has 1 aromatic rings. The van der Waals surface area contributed by atoms with Crippen molar-refractivity contribution in [2.45, 2.75) is 26.0 Å². The molecule has 0 fully saturated rings. The zero-order valence-corrected chi connectivity index (χ0v) is 10.3. The van der Waals surface area contributed by atoms with Crippen LogP contribution in [-0.4, -0.2) is 31.0 Å². The molecule has 96 valence electrons. The predicted octanol–water partition coefficient (Wildman–Crippen LogP) is 1.87. The molecular weight excluding hydrogens is 221 g/mol. The maximum atomic E-state index is 12.7. The fourth-order valence-electron chi connectivity index (χ4n) is 1.49. The molecule has 0 bridgehead atoms. The second-order valence-electron chi connectivity index (χ2n) is 3.99. The van der Waals surface area contributed by atoms with Gasteiger partial charge in [-0.3, -0.25) is 0 Å². The Kier molecular flexibility index (Phi) is 6.11. The summed E-state index contributed by atoms with van der Waals surface area (Å²) in [6.07, 6.45) is -0.516. The zero-order valence-electron chi connectivity index (χ0n) is 10.3. The Morgan fingerprint density at radius 3 is 2.59 bits per heavy atom. The Labute approximate surface area is 102 Å². The predicted molar refractivity (Wildman–Crippen MR) is 65.3 cm³/mol. The average molecular weight is 241 g/mol. The molecule has 0 spiro atoms. The molecule has 0 saturated heterocycles. The molecule has 0 aliphatic carbocycles. The van der Waals surface area contributed by atoms with Gasteiger partial charge in [-0.25, -0.2) is 4.39 Å². The summed E-state index contributed by atoms with van der Waals surface area (Å²) in [6, 6.07) is 6.42. The van der Waals surface area contributed by atoms with E-state index >= 15 is 0 Å². The van der Waals surface area contributed by atoms with Crippen LogP contribution in [0.3, 0.4) is 0 Å². The average Bonchev–Trinajstić information content (AvgIpc) is 2.34. The van der Waals surface area contributed by atoms with Crippen LogP contribution in [0.2, 0.25) is 0 Å². The molecule has 1 rings (SSSR count). The van der Waals surface area contributed by atoms with Gasteiger partial charge in [0.1, 0.15) is 5.82 Å². The van der Waals surface area contributed by atoms with Crippen LogP contribution in [0.15, 0.2) is 24.3 Å². The van der Waals surface area contributed by atoms with E-state index in [0.29, 0.717) is 19.8 Å². The monoisotopic (exact) mass is 241 g/mol. The topological polar surface area (TPSA) is 41.5 Å². The summed E-state index contributed by atoms with van der Waals surface area (Å²) in [5.74, 6) is -0.239. The molecule has 0 aliphatic heterocycles. The fraction of sp³-hybridized carbons (Fsp3) is 0.538. The lowest BCUT2D eigenvalue weighted by Crippen LogP contribution is -2.32. The summed E-state index contributed by atoms with van der Waals surface area (Å²) in [5, 5.41) is 12.7. The van der Waals surface area contributed by atoms with Gasteiger partial charge >= 0.3 is 0 Å². The first-order valence-corrected chi connectivity index (χ1v) is 5.88. The first kappa shape index (κ1) is 14.1. The van der Waals surface area contributed by atoms with Crippen molar-refractivity contribution in [1.29, 1.82) is 0 Å². The number of benzene rings is 1. The Balaban J connectivity index is 2.34. The lowest BCUT2D eigenvalue weighted by Gasteiger charge is -2.17. The third-order valence-electron chi connectivity index (χ3n) is 2.54. The first-order chi connectivity index (χ1) is 8.13. The zero-order chi connectivity index (χ0) is 12.7. The summed E-state index contributed by atoms with van der Waals surface area (Å²) < 4.78 is 17.8. The first-order valence-electron chi connectivity index (χ1n) is 5.88. The molecule has 2 unspecified atom stereocenters. The van der Waals surface area contributed by atoms with Gasteiger partial charge in [0.15, 0.2) is 0 Å². The number of rotatable bonds is 7. The number of aliphatic hydroxyl groups is 1. The molecule has 0 aromatic heterocycles. The number of nitrogens with one attached hydrogen (secondary N) is 1. The molecule has 2 N–H and O–H groups in total. The Morgan fingerprint density at radius 2 is 2.00 bits per heavy atom. The summed E-state index contributed by atoms with van der Waals surface area (Å²) in [7, 11) is 0. The van der Waals surface area contributed by atoms with E-state index in [1.807, 2.05) is 13.8 Å². The number of hydrogen-bond acceptors (Lipinski definition) is 3. The van der Waals surface area contributed by atoms with Crippen molar-refractivity contribution in [3.8, 4) is 0 Å². The van der Waals surface area contributed by atoms with Crippen molar-refractivity contribution in [1.82, 2.24) is 5.32 Å². The largest absolute Gasteiger partial charge is 0.389 e. The van der Waals surface area contributed by atoms with Crippen LogP contribution in [0.1, 0.15) is 25.5 Å². The second-order valence-corrected chi connectivity index (χ2v) is 3.99. The highest BCUT2D eigenvalue weighted by atomic mass is 19.1. The van der Waals surface area contributed by atoms with Crippen LogP contribution in [-0.2, 0) is 4.74 Å². The number of halogens is 1. The Bertz CT molecular complexity index is 316. The molecule has 3 nitrogen and oxygen atoms in total. The standard InChI is InChI=1S/C13H20FNO2/c1-3-17-9-13(16)8-15-10(2)11-4-6-12(14)7-5-11/h4-7,10,13,15-16H,3,8-9H2,1-2H3. The minimum atomic E-state index is -0.516. The number of ether oxygens (including phenoxy) is 1. The van der Waals surface area contributed by atoms with Crippen LogP contribution >= 0.6 is 0 Å². The van der Waals surface area contributed by atoms with Crippen LogP contribution in [0.25, 0.3) is 0 Å². The van der Waals surface area contributed by atoms with Crippen molar-refractivity contribution in [2.24, 2.45) is 0 Å². The molecule has 0 saturated carbocycles. The van der Waals surface area contributed by atoms with E-state index in [4.69, 9.17) is 4.74 Å². The number of aliphatic hydroxyl groups excluding tert-OH is 1. The Hall–Kier alpha value is -0.970. The van der Waals surface area contributed by atoms with Crippen LogP contribution in [0.4, 0.5) is 4.39 Å². The molecule has 0 aliphatic rings. The summed E-state index contributed by atoms with van der Waals surface area (Å²) in [6.45, 7) is 5.25. The van der Waals surface area contributed by atoms with Gasteiger partial charge in [-0.2, -0.15) is 0 Å². The van der Waals surface area contributed by atoms with Crippen molar-refractivity contribution in [3.63, 3.8) is 0 Å². The third-order valence-corrected chi connectivity index (χ3v) is 2.54. The Morgan fingerprint density at radius 1 is 1.35 bits per heavy atom. The van der Waals surface area contributed by atoms with E-state index < -0.39 is 6.10 Å². The van der Waals surface area contributed by atoms with Crippen molar-refractivity contribution >= 4 is 0 Å². The maximum absolute atomic E-state index is 12.7. The van der Waals surface area contributed by atoms with Gasteiger partial charge in [0, 0.05) is 19.2 Å². The quantitative estimate of drug-likeness (QED) is 0.765. The van der Waals surface area contributed by atoms with Gasteiger partial charge in [0.2, 0.25) is 0 Å². The lowest BCUT2D eigenvalue weighted by molar-refractivity contribution is 0.0416. The van der Waals surface area contributed by atoms with E-state index in [2.05, 4.69) is 5.32 Å². The van der Waals surface area contributed by atoms with Crippen molar-refractivity contribution in [3.05, 3.63) is 35.6 Å². The van der Waals surface area contributed by atoms with Crippen LogP contribution in [0, 0.1) is 5.82 Å². The summed E-state index contributed by atoms with van der Waals surface area (Å²) in [5.41, 5.74) is 0.995. The summed E-state index contributed by atoms with van der Waals surface area (Å²) >= 11 is 0. The van der Waals surface area contributed by atoms with Gasteiger partial charge in [0.25, 0.3) is 0 Å². The molecule has 17 heavy (non-hydrogen) atoms. The van der Waals surface area contributed by atoms with Gasteiger partial charge in [-0.15, -0.1) is 0 Å². The molecule has 0 heterocycles. The molecule has 2 atom stereocenters. The van der Waals surface area contributed by atoms with Crippen molar-refractivity contribution in [2.75, 3.05) is 19.8 Å². The van der Waals surface area contributed by atoms with E-state index in [0.717, 1.165) is 5.56 Å². The fourth-order valence-corrected chi connectivity index (χ4v) is 1.49. The summed E-state index contributed by atoms with van der Waals surface area (Å²) in [4.78, 5) is 0. The maximum Gasteiger partial charge on any atom is 0.123 e. The van der Waals surface area contributed by atoms with E-state index in [9.17, 15) is 9.50 Å². The van der Waals surface area contributed by atoms with Crippen LogP contribution in [0.5, 0.6) is 0 Å². The third kappa shape index (κ3) is 5.26. The second kappa shape index (κ2) is 7.37. The van der Waals surface area contributed by atoms with Gasteiger partial charge in [-0.05, 0) is 31.5 Å². The molecule has 1 aromatic carbocycles. The van der Waals surface area contributed by atoms with Gasteiger partial charge in [0.05, 0.1) is 12.7 Å². The SMILES string of the molecule is CCOCC(O)CNC(C)c1ccc(F)cc1. The smallest absolute Gasteiger partial charge is 0.123 e. The number of hydrogen-bond donors (Lipinski definition) is 2. The minimum absolute atomic E-state index is 0.0758. The van der Waals surface area contributed by atoms with Crippen molar-refractivity contribution < 1.29 is 14.2 Å². The lowest BCUT2D eigenvalue weighted by atomic mass is 10.1. The minimum Gasteiger partial charge on any atom is -0.389 e. The highest BCUT2D eigenvalue weighted by Crippen LogP contribution is 2.12. The van der Waals surface area contributed by atoms with Crippen LogP contribution < -0.4 is 5.32 Å². The normalized spacial score (nSPS) is 14.6. The molecular formula is C13H20FNO2. The molecule has 0 radical (unpaired) electrons. The highest BCUT2D eigenvalue weighted by molar-refractivity contribution is 5.19. The van der Waals surface area contributed by atoms with Gasteiger partial charge < -0.3 is 15.2 Å². The van der Waals surface area contributed by atoms with E-state index in [1.54, 1.807) is 12.1 Å². The van der Waals surface area contributed by atoms with Gasteiger partial charge in [-0.1, -0.05) is 12.1 Å². The highest BCUT2D eigenvalue weighted by Gasteiger charge is 2.08.